The zero-order valence-corrected chi connectivity index (χ0v) is 32.6. The van der Waals surface area contributed by atoms with E-state index in [4.69, 9.17) is 26.6 Å². The molecule has 3 saturated carbocycles. The van der Waals surface area contributed by atoms with Gasteiger partial charge in [-0.05, 0) is 90.2 Å². The predicted molar refractivity (Wildman–Crippen MR) is 171 cm³/mol. The Labute approximate surface area is 262 Å². The van der Waals surface area contributed by atoms with Gasteiger partial charge in [0.15, 0.2) is 0 Å². The number of hydrogen-bond donors (Lipinski definition) is 0. The van der Waals surface area contributed by atoms with E-state index < -0.39 is 17.6 Å². The van der Waals surface area contributed by atoms with Crippen LogP contribution in [-0.4, -0.2) is 68.8 Å². The van der Waals surface area contributed by atoms with Gasteiger partial charge in [-0.3, -0.25) is 0 Å². The summed E-state index contributed by atoms with van der Waals surface area (Å²) in [6, 6.07) is 0. The summed E-state index contributed by atoms with van der Waals surface area (Å²) in [4.78, 5) is 0. The molecule has 2 bridgehead atoms. The number of thioether (sulfide) groups is 1. The molecular weight excluding hydrogens is 789 g/mol. The summed E-state index contributed by atoms with van der Waals surface area (Å²) < 4.78 is 39.7. The molecule has 0 aromatic heterocycles. The van der Waals surface area contributed by atoms with E-state index in [0.717, 1.165) is 11.2 Å². The van der Waals surface area contributed by atoms with E-state index in [-0.39, 0.29) is 11.1 Å². The van der Waals surface area contributed by atoms with Gasteiger partial charge in [-0.25, -0.2) is 0 Å². The molecule has 219 valence electrons. The summed E-state index contributed by atoms with van der Waals surface area (Å²) in [6.07, 6.45) is 6.04. The number of hydrogen-bond acceptors (Lipinski definition) is 7. The van der Waals surface area contributed by atoms with Gasteiger partial charge in [0, 0.05) is 56.0 Å². The Hall–Kier alpha value is 2.59. The quantitative estimate of drug-likeness (QED) is 0.117. The second-order valence-corrected chi connectivity index (χ2v) is 28.2. The van der Waals surface area contributed by atoms with Crippen molar-refractivity contribution in [2.45, 2.75) is 84.1 Å². The summed E-state index contributed by atoms with van der Waals surface area (Å²) in [5, 5.41) is 0.731. The number of halogens is 2. The zero-order chi connectivity index (χ0) is 27.6. The van der Waals surface area contributed by atoms with Crippen LogP contribution in [0.25, 0.3) is 0 Å². The summed E-state index contributed by atoms with van der Waals surface area (Å²) in [5.74, 6) is 3.21. The average Bonchev–Trinajstić information content (AvgIpc) is 3.54. The van der Waals surface area contributed by atoms with Crippen LogP contribution in [0.5, 0.6) is 0 Å². The molecule has 0 aromatic rings. The van der Waals surface area contributed by atoms with Crippen molar-refractivity contribution in [1.29, 1.82) is 0 Å². The topological polar surface area (TPSA) is 55.4 Å². The van der Waals surface area contributed by atoms with Crippen LogP contribution in [0.2, 0.25) is 11.1 Å². The molecule has 0 heterocycles. The van der Waals surface area contributed by atoms with Crippen molar-refractivity contribution >= 4 is 69.3 Å². The Balaban J connectivity index is 0.00000153. The van der Waals surface area contributed by atoms with Crippen molar-refractivity contribution in [3.05, 3.63) is 0 Å². The van der Waals surface area contributed by atoms with E-state index in [1.54, 1.807) is 0 Å². The first-order valence-corrected chi connectivity index (χ1v) is 28.1. The first-order chi connectivity index (χ1) is 17.9. The zero-order valence-electron chi connectivity index (χ0n) is 24.0. The van der Waals surface area contributed by atoms with Gasteiger partial charge < -0.3 is 26.6 Å². The number of rotatable bonds is 16. The van der Waals surface area contributed by atoms with Crippen LogP contribution in [0.3, 0.4) is 0 Å². The van der Waals surface area contributed by atoms with Crippen LogP contribution >= 0.6 is 51.7 Å². The molecule has 0 radical (unpaired) electrons. The molecule has 0 amide bonds. The minimum absolute atomic E-state index is 0.171. The van der Waals surface area contributed by atoms with Gasteiger partial charge in [0.05, 0.1) is 0 Å². The van der Waals surface area contributed by atoms with Crippen molar-refractivity contribution in [1.82, 2.24) is 0 Å². The monoisotopic (exact) mass is 839 g/mol. The van der Waals surface area contributed by atoms with Crippen LogP contribution in [0.15, 0.2) is 0 Å². The second kappa shape index (κ2) is 17.6. The molecule has 0 spiro atoms. The molecule has 0 aromatic carbocycles. The molecule has 8 atom stereocenters. The molecule has 8 unspecified atom stereocenters. The van der Waals surface area contributed by atoms with Crippen LogP contribution in [-0.2, 0) is 36.0 Å². The van der Waals surface area contributed by atoms with E-state index >= 15 is 0 Å². The fourth-order valence-corrected chi connectivity index (χ4v) is 17.6. The van der Waals surface area contributed by atoms with Crippen molar-refractivity contribution in [3.8, 4) is 0 Å². The molecule has 3 aliphatic rings. The molecule has 12 heteroatoms. The van der Waals surface area contributed by atoms with Crippen molar-refractivity contribution in [2.75, 3.05) is 45.9 Å². The Morgan fingerprint density at radius 1 is 0.649 bits per heavy atom. The molecule has 3 rings (SSSR count). The molecule has 0 saturated heterocycles. The first-order valence-electron chi connectivity index (χ1n) is 14.2. The molecular formula is C25H50I2O6SSi2V. The summed E-state index contributed by atoms with van der Waals surface area (Å²) in [6.45, 7) is 18.3. The maximum atomic E-state index is 6.62. The van der Waals surface area contributed by atoms with Crippen molar-refractivity contribution in [2.24, 2.45) is 29.6 Å². The Kier molecular flexibility index (Phi) is 17.1. The van der Waals surface area contributed by atoms with Gasteiger partial charge in [-0.2, -0.15) is 11.8 Å². The third-order valence-corrected chi connectivity index (χ3v) is 17.4. The molecule has 0 N–H and O–H groups in total. The minimum atomic E-state index is -3.02. The molecule has 6 nitrogen and oxygen atoms in total. The average molecular weight is 840 g/mol. The van der Waals surface area contributed by atoms with Crippen LogP contribution in [0.4, 0.5) is 0 Å². The van der Waals surface area contributed by atoms with Crippen LogP contribution < -0.4 is 0 Å². The van der Waals surface area contributed by atoms with Gasteiger partial charge in [0.25, 0.3) is 0 Å². The van der Waals surface area contributed by atoms with Gasteiger partial charge in [-0.1, -0.05) is 13.3 Å². The predicted octanol–water partition coefficient (Wildman–Crippen LogP) is 7.64. The van der Waals surface area contributed by atoms with Gasteiger partial charge in [0.1, 0.15) is 0 Å². The van der Waals surface area contributed by atoms with E-state index in [1.807, 2.05) is 0 Å². The fourth-order valence-electron chi connectivity index (χ4n) is 8.04. The van der Waals surface area contributed by atoms with Crippen molar-refractivity contribution < 1.29 is 36.0 Å². The van der Waals surface area contributed by atoms with Crippen LogP contribution in [0, 0.1) is 29.6 Å². The van der Waals surface area contributed by atoms with Gasteiger partial charge >= 0.3 is 67.0 Å². The van der Waals surface area contributed by atoms with Crippen molar-refractivity contribution in [3.63, 3.8) is 0 Å². The standard InChI is InChI=1S/C25H50O6SSi2.2HI.V/c1-9-18-22(32-8)17-19-20-16-21(23(18)19)25(34(29-13-5,30-14-6)31-15-7)24(20)33(26-10-2,27-11-3)28-12-4;;;/h18-25H,9-17H2,1-8H3;2*1H;/q;;;+2/p-2. The third-order valence-electron chi connectivity index (χ3n) is 8.53. The summed E-state index contributed by atoms with van der Waals surface area (Å²) in [5.41, 5.74) is 0.345. The molecule has 0 aliphatic heterocycles. The molecule has 37 heavy (non-hydrogen) atoms. The second-order valence-electron chi connectivity index (χ2n) is 9.81. The number of fused-ring (bicyclic) bond motifs is 5. The van der Waals surface area contributed by atoms with E-state index in [2.05, 4.69) is 106 Å². The maximum absolute atomic E-state index is 6.62. The Morgan fingerprint density at radius 2 is 1.03 bits per heavy atom. The summed E-state index contributed by atoms with van der Waals surface area (Å²) in [7, 11) is -5.41. The van der Waals surface area contributed by atoms with Crippen LogP contribution in [0.1, 0.15) is 67.7 Å². The Bertz CT molecular complexity index is 626. The molecule has 3 aliphatic carbocycles. The third kappa shape index (κ3) is 7.57. The van der Waals surface area contributed by atoms with Gasteiger partial charge in [-0.15, -0.1) is 0 Å². The normalized spacial score (nSPS) is 32.8. The molecule has 3 fully saturated rings. The SMILES string of the molecule is CCO[Si](OCC)(OCC)C1C2CC(C3C(CC)C(SC)CC23)C1[Si](OCC)(OCC)OCC.[I][V][I]. The first kappa shape index (κ1) is 35.8. The van der Waals surface area contributed by atoms with Gasteiger partial charge in [0.2, 0.25) is 0 Å². The fraction of sp³-hybridized carbons (Fsp3) is 1.00. The van der Waals surface area contributed by atoms with E-state index in [0.29, 0.717) is 72.8 Å². The Morgan fingerprint density at radius 3 is 1.35 bits per heavy atom. The van der Waals surface area contributed by atoms with E-state index in [1.165, 1.54) is 19.3 Å². The summed E-state index contributed by atoms with van der Waals surface area (Å²) >= 11 is 6.81. The van der Waals surface area contributed by atoms with E-state index in [9.17, 15) is 0 Å².